The Hall–Kier alpha value is -4.36. The van der Waals surface area contributed by atoms with Crippen LogP contribution < -0.4 is 10.1 Å². The van der Waals surface area contributed by atoms with Gasteiger partial charge in [0.25, 0.3) is 0 Å². The van der Waals surface area contributed by atoms with Crippen LogP contribution in [0.25, 0.3) is 33.5 Å². The van der Waals surface area contributed by atoms with Crippen LogP contribution in [0.15, 0.2) is 60.0 Å². The Balaban J connectivity index is 1.67. The molecule has 202 valence electrons. The number of benzene rings is 1. The molecule has 0 unspecified atom stereocenters. The molecule has 0 aliphatic carbocycles. The number of amides is 1. The van der Waals surface area contributed by atoms with Gasteiger partial charge in [0, 0.05) is 43.3 Å². The van der Waals surface area contributed by atoms with Crippen LogP contribution in [0.4, 0.5) is 0 Å². The summed E-state index contributed by atoms with van der Waals surface area (Å²) in [5.41, 5.74) is 3.47. The smallest absolute Gasteiger partial charge is 0.226 e. The average molecular weight is 549 g/mol. The Morgan fingerprint density at radius 1 is 1.15 bits per heavy atom. The number of methoxy groups -OCH3 is 1. The van der Waals surface area contributed by atoms with E-state index >= 15 is 0 Å². The van der Waals surface area contributed by atoms with Gasteiger partial charge in [-0.15, -0.1) is 0 Å². The van der Waals surface area contributed by atoms with E-state index in [2.05, 4.69) is 20.4 Å². The first-order valence-electron chi connectivity index (χ1n) is 12.1. The molecule has 4 aromatic heterocycles. The second-order valence-corrected chi connectivity index (χ2v) is 11.3. The van der Waals surface area contributed by atoms with Crippen molar-refractivity contribution < 1.29 is 17.9 Å². The number of hydrogen-bond donors (Lipinski definition) is 1. The van der Waals surface area contributed by atoms with Gasteiger partial charge in [0.1, 0.15) is 11.4 Å². The van der Waals surface area contributed by atoms with E-state index in [1.54, 1.807) is 46.1 Å². The lowest BCUT2D eigenvalue weighted by atomic mass is 10.1. The van der Waals surface area contributed by atoms with Crippen molar-refractivity contribution in [1.29, 1.82) is 0 Å². The molecule has 0 fully saturated rings. The number of sulfone groups is 1. The molecule has 0 saturated carbocycles. The highest BCUT2D eigenvalue weighted by Gasteiger charge is 2.21. The minimum Gasteiger partial charge on any atom is -0.494 e. The molecule has 13 heteroatoms. The Morgan fingerprint density at radius 2 is 1.97 bits per heavy atom. The van der Waals surface area contributed by atoms with Gasteiger partial charge in [-0.05, 0) is 44.4 Å². The van der Waals surface area contributed by atoms with Crippen molar-refractivity contribution in [3.8, 4) is 22.7 Å². The normalized spacial score (nSPS) is 11.9. The van der Waals surface area contributed by atoms with Crippen LogP contribution in [0.2, 0.25) is 0 Å². The van der Waals surface area contributed by atoms with Gasteiger partial charge in [0.2, 0.25) is 5.91 Å². The van der Waals surface area contributed by atoms with Crippen LogP contribution in [-0.4, -0.2) is 89.1 Å². The quantitative estimate of drug-likeness (QED) is 0.292. The zero-order chi connectivity index (χ0) is 27.7. The highest BCUT2D eigenvalue weighted by molar-refractivity contribution is 7.90. The summed E-state index contributed by atoms with van der Waals surface area (Å²) in [6.07, 6.45) is 7.98. The average Bonchev–Trinajstić information content (AvgIpc) is 3.49. The zero-order valence-corrected chi connectivity index (χ0v) is 22.8. The third-order valence-corrected chi connectivity index (χ3v) is 7.32. The molecule has 0 bridgehead atoms. The van der Waals surface area contributed by atoms with Crippen molar-refractivity contribution >= 4 is 32.3 Å². The minimum absolute atomic E-state index is 0.0182. The molecule has 12 nitrogen and oxygen atoms in total. The van der Waals surface area contributed by atoms with Crippen molar-refractivity contribution in [2.24, 2.45) is 0 Å². The van der Waals surface area contributed by atoms with E-state index in [0.717, 1.165) is 6.26 Å². The maximum Gasteiger partial charge on any atom is 0.226 e. The minimum atomic E-state index is -3.51. The zero-order valence-electron chi connectivity index (χ0n) is 22.0. The topological polar surface area (TPSA) is 137 Å². The van der Waals surface area contributed by atoms with Gasteiger partial charge >= 0.3 is 0 Å². The molecule has 0 spiro atoms. The SMILES string of the molecule is COc1ccc(S(C)(=O)=O)cc1-n1nc(CC(=O)NCCN(C)C)c2cnc(-c3cnn4cccnc34)cc21. The van der Waals surface area contributed by atoms with Crippen LogP contribution in [0.1, 0.15) is 5.69 Å². The van der Waals surface area contributed by atoms with Gasteiger partial charge in [-0.25, -0.2) is 22.6 Å². The fourth-order valence-corrected chi connectivity index (χ4v) is 4.88. The van der Waals surface area contributed by atoms with Crippen LogP contribution in [0, 0.1) is 0 Å². The predicted molar refractivity (Wildman–Crippen MR) is 146 cm³/mol. The molecule has 1 N–H and O–H groups in total. The standard InChI is InChI=1S/C26H28N8O4S/c1-32(2)11-9-27-25(35)14-21-18-15-29-20(19-16-30-33-10-5-8-28-26(19)33)13-22(18)34(31-21)23-12-17(39(4,36)37)6-7-24(23)38-3/h5-8,10,12-13,15-16H,9,11,14H2,1-4H3,(H,27,35). The number of hydrogen-bond acceptors (Lipinski definition) is 9. The van der Waals surface area contributed by atoms with Crippen molar-refractivity contribution in [2.45, 2.75) is 11.3 Å². The van der Waals surface area contributed by atoms with Gasteiger partial charge in [-0.3, -0.25) is 9.78 Å². The fourth-order valence-electron chi connectivity index (χ4n) is 4.24. The molecule has 1 aromatic carbocycles. The summed E-state index contributed by atoms with van der Waals surface area (Å²) in [6, 6.07) is 8.20. The van der Waals surface area contributed by atoms with Gasteiger partial charge in [0.15, 0.2) is 15.5 Å². The van der Waals surface area contributed by atoms with E-state index in [1.165, 1.54) is 19.2 Å². The fraction of sp³-hybridized carbons (Fsp3) is 0.269. The van der Waals surface area contributed by atoms with E-state index in [-0.39, 0.29) is 17.2 Å². The second-order valence-electron chi connectivity index (χ2n) is 9.33. The highest BCUT2D eigenvalue weighted by Crippen LogP contribution is 2.32. The molecule has 39 heavy (non-hydrogen) atoms. The second kappa shape index (κ2) is 10.4. The Kier molecular flexibility index (Phi) is 7.02. The third kappa shape index (κ3) is 5.31. The monoisotopic (exact) mass is 548 g/mol. The molecule has 0 aliphatic heterocycles. The molecule has 0 radical (unpaired) electrons. The van der Waals surface area contributed by atoms with Gasteiger partial charge < -0.3 is 15.0 Å². The van der Waals surface area contributed by atoms with Gasteiger partial charge in [-0.1, -0.05) is 0 Å². The number of nitrogens with one attached hydrogen (secondary N) is 1. The molecule has 0 aliphatic rings. The molecule has 1 amide bonds. The van der Waals surface area contributed by atoms with Crippen LogP contribution >= 0.6 is 0 Å². The Labute approximate surface area is 225 Å². The molecule has 0 saturated heterocycles. The van der Waals surface area contributed by atoms with Crippen molar-refractivity contribution in [2.75, 3.05) is 40.6 Å². The highest BCUT2D eigenvalue weighted by atomic mass is 32.2. The van der Waals surface area contributed by atoms with E-state index in [0.29, 0.717) is 58.0 Å². The molecule has 0 atom stereocenters. The molecular weight excluding hydrogens is 520 g/mol. The molecule has 5 aromatic rings. The van der Waals surface area contributed by atoms with Crippen molar-refractivity contribution in [3.63, 3.8) is 0 Å². The summed E-state index contributed by atoms with van der Waals surface area (Å²) in [5, 5.41) is 12.7. The van der Waals surface area contributed by atoms with E-state index in [1.807, 2.05) is 25.1 Å². The van der Waals surface area contributed by atoms with Gasteiger partial charge in [-0.2, -0.15) is 10.2 Å². The summed E-state index contributed by atoms with van der Waals surface area (Å²) in [6.45, 7) is 1.20. The molecule has 5 rings (SSSR count). The van der Waals surface area contributed by atoms with Crippen LogP contribution in [0.5, 0.6) is 5.75 Å². The number of ether oxygens (including phenoxy) is 1. The first-order valence-corrected chi connectivity index (χ1v) is 14.0. The number of carbonyl (C=O) groups excluding carboxylic acids is 1. The van der Waals surface area contributed by atoms with Crippen molar-refractivity contribution in [1.82, 2.24) is 39.6 Å². The number of rotatable bonds is 9. The van der Waals surface area contributed by atoms with Crippen LogP contribution in [0.3, 0.4) is 0 Å². The van der Waals surface area contributed by atoms with E-state index < -0.39 is 9.84 Å². The molecular formula is C26H28N8O4S. The largest absolute Gasteiger partial charge is 0.494 e. The maximum absolute atomic E-state index is 12.8. The maximum atomic E-state index is 12.8. The van der Waals surface area contributed by atoms with Crippen LogP contribution in [-0.2, 0) is 21.1 Å². The summed E-state index contributed by atoms with van der Waals surface area (Å²) in [5.74, 6) is 0.237. The van der Waals surface area contributed by atoms with E-state index in [9.17, 15) is 13.2 Å². The predicted octanol–water partition coefficient (Wildman–Crippen LogP) is 1.76. The number of pyridine rings is 1. The summed E-state index contributed by atoms with van der Waals surface area (Å²) < 4.78 is 33.5. The first-order chi connectivity index (χ1) is 18.7. The lowest BCUT2D eigenvalue weighted by molar-refractivity contribution is -0.120. The number of likely N-dealkylation sites (N-methyl/N-ethyl adjacent to an activating group) is 1. The number of carbonyl (C=O) groups is 1. The first kappa shape index (κ1) is 26.3. The Morgan fingerprint density at radius 3 is 2.72 bits per heavy atom. The lowest BCUT2D eigenvalue weighted by Gasteiger charge is -2.11. The summed E-state index contributed by atoms with van der Waals surface area (Å²) >= 11 is 0. The third-order valence-electron chi connectivity index (χ3n) is 6.21. The summed E-state index contributed by atoms with van der Waals surface area (Å²) in [4.78, 5) is 23.9. The number of aromatic nitrogens is 6. The Bertz CT molecular complexity index is 1790. The lowest BCUT2D eigenvalue weighted by Crippen LogP contribution is -2.32. The summed E-state index contributed by atoms with van der Waals surface area (Å²) in [7, 11) is 1.86. The van der Waals surface area contributed by atoms with Crippen molar-refractivity contribution in [3.05, 3.63) is 60.8 Å². The number of nitrogens with zero attached hydrogens (tertiary/aromatic N) is 7. The molecule has 4 heterocycles. The number of fused-ring (bicyclic) bond motifs is 2. The van der Waals surface area contributed by atoms with Gasteiger partial charge in [0.05, 0.1) is 47.1 Å². The van der Waals surface area contributed by atoms with E-state index in [4.69, 9.17) is 9.84 Å².